The summed E-state index contributed by atoms with van der Waals surface area (Å²) in [5.74, 6) is 0.194. The van der Waals surface area contributed by atoms with Crippen LogP contribution in [0.5, 0.6) is 0 Å². The molecule has 1 aromatic carbocycles. The van der Waals surface area contributed by atoms with E-state index < -0.39 is 5.97 Å². The Hall–Kier alpha value is -3.00. The molecule has 0 saturated carbocycles. The Morgan fingerprint density at radius 2 is 1.89 bits per heavy atom. The van der Waals surface area contributed by atoms with Gasteiger partial charge in [0.15, 0.2) is 12.4 Å². The average Bonchev–Trinajstić information content (AvgIpc) is 2.92. The van der Waals surface area contributed by atoms with Crippen LogP contribution in [0.4, 0.5) is 5.82 Å². The number of ether oxygens (including phenoxy) is 1. The normalized spacial score (nSPS) is 10.8. The molecule has 2 aromatic heterocycles. The van der Waals surface area contributed by atoms with E-state index in [0.29, 0.717) is 23.8 Å². The highest BCUT2D eigenvalue weighted by Crippen LogP contribution is 2.31. The number of nitrogens with two attached hydrogens (primary N) is 1. The van der Waals surface area contributed by atoms with Gasteiger partial charge in [-0.25, -0.2) is 14.8 Å². The number of nitrogens with zero attached hydrogens (tertiary/aromatic N) is 2. The maximum absolute atomic E-state index is 12.2. The number of nitrogens with one attached hydrogen (secondary N) is 1. The molecule has 3 N–H and O–H groups in total. The maximum atomic E-state index is 12.2. The molecule has 8 heteroatoms. The lowest BCUT2D eigenvalue weighted by Crippen LogP contribution is -2.18. The van der Waals surface area contributed by atoms with Gasteiger partial charge in [0.2, 0.25) is 5.91 Å². The Labute approximate surface area is 160 Å². The molecule has 2 heterocycles. The summed E-state index contributed by atoms with van der Waals surface area (Å²) in [6.45, 7) is 5.82. The van der Waals surface area contributed by atoms with Crippen LogP contribution in [0.25, 0.3) is 10.2 Å². The van der Waals surface area contributed by atoms with Crippen LogP contribution in [0.2, 0.25) is 0 Å². The molecule has 3 aromatic rings. The van der Waals surface area contributed by atoms with Crippen molar-refractivity contribution in [1.82, 2.24) is 15.3 Å². The summed E-state index contributed by atoms with van der Waals surface area (Å²) >= 11 is 1.54. The highest BCUT2D eigenvalue weighted by molar-refractivity contribution is 7.18. The van der Waals surface area contributed by atoms with E-state index in [1.165, 1.54) is 6.92 Å². The van der Waals surface area contributed by atoms with E-state index in [1.807, 2.05) is 13.8 Å². The van der Waals surface area contributed by atoms with Gasteiger partial charge < -0.3 is 15.8 Å². The number of carbonyl (C=O) groups is 2. The standard InChI is InChI=1S/C19H20N4O3S/c1-10-11(2)27-18-16(10)17(20)22-15(23-18)9-26-19(25)14-6-4-13(5-7-14)8-21-12(3)24/h4-7H,8-9H2,1-3H3,(H,21,24)(H2,20,22,23). The van der Waals surface area contributed by atoms with Gasteiger partial charge in [-0.3, -0.25) is 4.79 Å². The molecule has 0 saturated heterocycles. The minimum absolute atomic E-state index is 0.0530. The Kier molecular flexibility index (Phi) is 5.36. The van der Waals surface area contributed by atoms with Crippen LogP contribution in [0.15, 0.2) is 24.3 Å². The molecule has 140 valence electrons. The average molecular weight is 384 g/mol. The van der Waals surface area contributed by atoms with Crippen LogP contribution in [-0.4, -0.2) is 21.8 Å². The van der Waals surface area contributed by atoms with Gasteiger partial charge in [-0.1, -0.05) is 12.1 Å². The molecule has 0 aliphatic rings. The molecule has 0 radical (unpaired) electrons. The zero-order valence-electron chi connectivity index (χ0n) is 15.3. The van der Waals surface area contributed by atoms with Crippen molar-refractivity contribution in [2.24, 2.45) is 0 Å². The smallest absolute Gasteiger partial charge is 0.338 e. The largest absolute Gasteiger partial charge is 0.454 e. The molecular weight excluding hydrogens is 364 g/mol. The molecule has 27 heavy (non-hydrogen) atoms. The Bertz CT molecular complexity index is 1010. The second kappa shape index (κ2) is 7.71. The zero-order valence-corrected chi connectivity index (χ0v) is 16.1. The first-order chi connectivity index (χ1) is 12.8. The summed E-state index contributed by atoms with van der Waals surface area (Å²) in [4.78, 5) is 33.8. The van der Waals surface area contributed by atoms with E-state index in [-0.39, 0.29) is 12.5 Å². The van der Waals surface area contributed by atoms with Gasteiger partial charge in [0.1, 0.15) is 10.6 Å². The fourth-order valence-corrected chi connectivity index (χ4v) is 3.65. The number of aromatic nitrogens is 2. The molecule has 7 nitrogen and oxygen atoms in total. The topological polar surface area (TPSA) is 107 Å². The predicted molar refractivity (Wildman–Crippen MR) is 104 cm³/mol. The number of rotatable bonds is 5. The minimum atomic E-state index is -0.470. The molecular formula is C19H20N4O3S. The van der Waals surface area contributed by atoms with E-state index in [4.69, 9.17) is 10.5 Å². The van der Waals surface area contributed by atoms with Crippen LogP contribution in [0.3, 0.4) is 0 Å². The fourth-order valence-electron chi connectivity index (χ4n) is 2.59. The molecule has 0 bridgehead atoms. The summed E-state index contributed by atoms with van der Waals surface area (Å²) < 4.78 is 5.31. The number of carbonyl (C=O) groups excluding carboxylic acids is 2. The Balaban J connectivity index is 1.67. The number of nitrogen functional groups attached to an aromatic ring is 1. The maximum Gasteiger partial charge on any atom is 0.338 e. The Morgan fingerprint density at radius 3 is 2.56 bits per heavy atom. The lowest BCUT2D eigenvalue weighted by atomic mass is 10.1. The van der Waals surface area contributed by atoms with Crippen molar-refractivity contribution in [3.63, 3.8) is 0 Å². The number of fused-ring (bicyclic) bond motifs is 1. The monoisotopic (exact) mass is 384 g/mol. The van der Waals surface area contributed by atoms with Crippen molar-refractivity contribution < 1.29 is 14.3 Å². The van der Waals surface area contributed by atoms with E-state index >= 15 is 0 Å². The SMILES string of the molecule is CC(=O)NCc1ccc(C(=O)OCc2nc(N)c3c(C)c(C)sc3n2)cc1. The van der Waals surface area contributed by atoms with Crippen molar-refractivity contribution in [3.05, 3.63) is 51.7 Å². The number of aryl methyl sites for hydroxylation is 2. The minimum Gasteiger partial charge on any atom is -0.454 e. The van der Waals surface area contributed by atoms with Crippen LogP contribution in [-0.2, 0) is 22.7 Å². The van der Waals surface area contributed by atoms with Gasteiger partial charge in [-0.05, 0) is 37.1 Å². The highest BCUT2D eigenvalue weighted by Gasteiger charge is 2.14. The number of hydrogen-bond donors (Lipinski definition) is 2. The highest BCUT2D eigenvalue weighted by atomic mass is 32.1. The van der Waals surface area contributed by atoms with Gasteiger partial charge in [-0.15, -0.1) is 11.3 Å². The van der Waals surface area contributed by atoms with E-state index in [9.17, 15) is 9.59 Å². The van der Waals surface area contributed by atoms with Gasteiger partial charge in [0, 0.05) is 18.3 Å². The van der Waals surface area contributed by atoms with Crippen LogP contribution in [0.1, 0.15) is 39.1 Å². The van der Waals surface area contributed by atoms with Crippen LogP contribution >= 0.6 is 11.3 Å². The summed E-state index contributed by atoms with van der Waals surface area (Å²) in [6, 6.07) is 6.85. The Morgan fingerprint density at radius 1 is 1.19 bits per heavy atom. The molecule has 3 rings (SSSR count). The predicted octanol–water partition coefficient (Wildman–Crippen LogP) is 2.88. The van der Waals surface area contributed by atoms with Crippen molar-refractivity contribution in [2.45, 2.75) is 33.9 Å². The lowest BCUT2D eigenvalue weighted by Gasteiger charge is -2.07. The van der Waals surface area contributed by atoms with Gasteiger partial charge in [-0.2, -0.15) is 0 Å². The zero-order chi connectivity index (χ0) is 19.6. The van der Waals surface area contributed by atoms with Crippen molar-refractivity contribution >= 4 is 39.2 Å². The van der Waals surface area contributed by atoms with Crippen molar-refractivity contribution in [3.8, 4) is 0 Å². The van der Waals surface area contributed by atoms with E-state index in [0.717, 1.165) is 26.2 Å². The van der Waals surface area contributed by atoms with E-state index in [1.54, 1.807) is 35.6 Å². The third-order valence-electron chi connectivity index (χ3n) is 4.17. The van der Waals surface area contributed by atoms with E-state index in [2.05, 4.69) is 15.3 Å². The van der Waals surface area contributed by atoms with Gasteiger partial charge in [0.05, 0.1) is 10.9 Å². The number of anilines is 1. The van der Waals surface area contributed by atoms with Crippen molar-refractivity contribution in [2.75, 3.05) is 5.73 Å². The molecule has 0 unspecified atom stereocenters. The number of amides is 1. The summed E-state index contributed by atoms with van der Waals surface area (Å²) in [5.41, 5.74) is 8.43. The number of thiophene rings is 1. The van der Waals surface area contributed by atoms with Crippen LogP contribution < -0.4 is 11.1 Å². The summed E-state index contributed by atoms with van der Waals surface area (Å²) in [7, 11) is 0. The van der Waals surface area contributed by atoms with Gasteiger partial charge >= 0.3 is 5.97 Å². The summed E-state index contributed by atoms with van der Waals surface area (Å²) in [5, 5.41) is 3.56. The quantitative estimate of drug-likeness (QED) is 0.655. The molecule has 0 aliphatic carbocycles. The number of esters is 1. The second-order valence-electron chi connectivity index (χ2n) is 6.17. The van der Waals surface area contributed by atoms with Gasteiger partial charge in [0.25, 0.3) is 0 Å². The summed E-state index contributed by atoms with van der Waals surface area (Å²) in [6.07, 6.45) is 0. The first-order valence-electron chi connectivity index (χ1n) is 8.37. The molecule has 0 spiro atoms. The number of benzene rings is 1. The molecule has 1 amide bonds. The first kappa shape index (κ1) is 18.8. The third-order valence-corrected chi connectivity index (χ3v) is 5.27. The third kappa shape index (κ3) is 4.22. The van der Waals surface area contributed by atoms with Crippen LogP contribution in [0, 0.1) is 13.8 Å². The molecule has 0 fully saturated rings. The second-order valence-corrected chi connectivity index (χ2v) is 7.37. The lowest BCUT2D eigenvalue weighted by molar-refractivity contribution is -0.119. The number of hydrogen-bond acceptors (Lipinski definition) is 7. The molecule has 0 aliphatic heterocycles. The van der Waals surface area contributed by atoms with Crippen molar-refractivity contribution in [1.29, 1.82) is 0 Å². The fraction of sp³-hybridized carbons (Fsp3) is 0.263. The molecule has 0 atom stereocenters. The first-order valence-corrected chi connectivity index (χ1v) is 9.19.